The van der Waals surface area contributed by atoms with Gasteiger partial charge in [0.2, 0.25) is 5.91 Å². The van der Waals surface area contributed by atoms with Crippen molar-refractivity contribution in [3.63, 3.8) is 0 Å². The van der Waals surface area contributed by atoms with Crippen LogP contribution in [0.3, 0.4) is 0 Å². The Kier molecular flexibility index (Phi) is 8.82. The van der Waals surface area contributed by atoms with Crippen LogP contribution in [0.25, 0.3) is 0 Å². The number of benzene rings is 3. The molecule has 0 radical (unpaired) electrons. The van der Waals surface area contributed by atoms with Gasteiger partial charge in [-0.3, -0.25) is 19.2 Å². The normalized spacial score (nSPS) is 19.0. The summed E-state index contributed by atoms with van der Waals surface area (Å²) in [4.78, 5) is 54.3. The second kappa shape index (κ2) is 13.0. The predicted octanol–water partition coefficient (Wildman–Crippen LogP) is -0.524. The second-order valence-corrected chi connectivity index (χ2v) is 11.4. The molecule has 3 aromatic rings. The van der Waals surface area contributed by atoms with Gasteiger partial charge in [0.15, 0.2) is 0 Å². The van der Waals surface area contributed by atoms with Crippen LogP contribution in [0.5, 0.6) is 5.75 Å². The van der Waals surface area contributed by atoms with Gasteiger partial charge in [0.1, 0.15) is 11.8 Å². The van der Waals surface area contributed by atoms with Crippen LogP contribution < -0.4 is 26.3 Å². The summed E-state index contributed by atoms with van der Waals surface area (Å²) in [5.41, 5.74) is 3.41. The Balaban J connectivity index is 1.27. The number of nitrogens with zero attached hydrogens (tertiary/aromatic N) is 1. The largest absolute Gasteiger partial charge is 0.496 e. The summed E-state index contributed by atoms with van der Waals surface area (Å²) in [7, 11) is -0.869. The lowest BCUT2D eigenvalue weighted by atomic mass is 9.78. The van der Waals surface area contributed by atoms with Crippen molar-refractivity contribution < 1.29 is 48.4 Å². The van der Waals surface area contributed by atoms with Crippen molar-refractivity contribution in [3.8, 4) is 5.75 Å². The lowest BCUT2D eigenvalue weighted by Gasteiger charge is -2.27. The molecule has 0 spiro atoms. The maximum absolute atomic E-state index is 13.9. The molecule has 1 saturated heterocycles. The van der Waals surface area contributed by atoms with Crippen LogP contribution in [0.1, 0.15) is 56.3 Å². The van der Waals surface area contributed by atoms with Crippen molar-refractivity contribution in [1.82, 2.24) is 15.5 Å². The van der Waals surface area contributed by atoms with Gasteiger partial charge in [0.05, 0.1) is 32.8 Å². The third kappa shape index (κ3) is 6.22. The number of hydrogen-bond acceptors (Lipinski definition) is 9. The molecule has 3 aliphatic rings. The fourth-order valence-corrected chi connectivity index (χ4v) is 6.19. The summed E-state index contributed by atoms with van der Waals surface area (Å²) in [5, 5.41) is 35.6. The Morgan fingerprint density at radius 3 is 2.24 bits per heavy atom. The van der Waals surface area contributed by atoms with E-state index in [0.29, 0.717) is 22.2 Å². The first-order valence-electron chi connectivity index (χ1n) is 14.7. The molecule has 3 aromatic carbocycles. The van der Waals surface area contributed by atoms with Gasteiger partial charge in [0.25, 0.3) is 11.8 Å². The standard InChI is InChI=1S/C31H31B2N3O10/c1-44-27-5-3-2-4-22(27)25(13-28(37)38)35-30(40)26-12-21(34-29(39)17-6-8-19-15-45-32(42)23(19)10-17)14-36(26)31(41)18-7-9-20-16-46-33(43)24(20)11-18/h2-11,21,25-26,42-43H,12-16H2,1H3,(H,34,39)(H,35,40)(H,37,38)/t21-,25+,26+/m1/s1. The van der Waals surface area contributed by atoms with Gasteiger partial charge in [-0.25, -0.2) is 0 Å². The molecule has 0 aromatic heterocycles. The molecule has 3 heterocycles. The van der Waals surface area contributed by atoms with Gasteiger partial charge >= 0.3 is 20.2 Å². The van der Waals surface area contributed by atoms with E-state index in [1.807, 2.05) is 0 Å². The number of likely N-dealkylation sites (tertiary alicyclic amines) is 1. The monoisotopic (exact) mass is 627 g/mol. The molecule has 236 valence electrons. The minimum atomic E-state index is -1.18. The van der Waals surface area contributed by atoms with Crippen molar-refractivity contribution >= 4 is 48.9 Å². The van der Waals surface area contributed by atoms with Crippen LogP contribution >= 0.6 is 0 Å². The fourth-order valence-electron chi connectivity index (χ4n) is 6.19. The van der Waals surface area contributed by atoms with E-state index in [-0.39, 0.29) is 37.3 Å². The van der Waals surface area contributed by atoms with Crippen LogP contribution in [0.15, 0.2) is 60.7 Å². The Labute approximate surface area is 264 Å². The number of fused-ring (bicyclic) bond motifs is 2. The number of rotatable bonds is 9. The zero-order chi connectivity index (χ0) is 32.5. The van der Waals surface area contributed by atoms with Gasteiger partial charge < -0.3 is 44.7 Å². The number of methoxy groups -OCH3 is 1. The maximum atomic E-state index is 13.9. The molecular formula is C31H31B2N3O10. The highest BCUT2D eigenvalue weighted by Crippen LogP contribution is 2.29. The maximum Gasteiger partial charge on any atom is 0.491 e. The molecule has 46 heavy (non-hydrogen) atoms. The number of carbonyl (C=O) groups is 4. The topological polar surface area (TPSA) is 184 Å². The van der Waals surface area contributed by atoms with Crippen LogP contribution in [-0.2, 0) is 32.1 Å². The zero-order valence-corrected chi connectivity index (χ0v) is 24.8. The van der Waals surface area contributed by atoms with E-state index >= 15 is 0 Å². The number of carboxylic acids is 1. The molecule has 3 atom stereocenters. The van der Waals surface area contributed by atoms with Gasteiger partial charge in [-0.2, -0.15) is 0 Å². The van der Waals surface area contributed by atoms with Gasteiger partial charge in [0, 0.05) is 29.3 Å². The number of carboxylic acid groups (broad SMARTS) is 1. The van der Waals surface area contributed by atoms with Crippen molar-refractivity contribution in [2.24, 2.45) is 0 Å². The molecule has 5 N–H and O–H groups in total. The van der Waals surface area contributed by atoms with Gasteiger partial charge in [-0.15, -0.1) is 0 Å². The molecule has 0 saturated carbocycles. The molecule has 0 unspecified atom stereocenters. The Morgan fingerprint density at radius 2 is 1.59 bits per heavy atom. The number of amides is 3. The molecule has 13 nitrogen and oxygen atoms in total. The summed E-state index contributed by atoms with van der Waals surface area (Å²) in [5.74, 6) is -2.34. The van der Waals surface area contributed by atoms with Crippen LogP contribution in [-0.4, -0.2) is 83.7 Å². The number of aliphatic carboxylic acids is 1. The average Bonchev–Trinajstić information content (AvgIpc) is 3.76. The third-order valence-corrected chi connectivity index (χ3v) is 8.54. The third-order valence-electron chi connectivity index (χ3n) is 8.54. The highest BCUT2D eigenvalue weighted by molar-refractivity contribution is 6.62. The SMILES string of the molecule is COc1ccccc1[C@H](CC(=O)O)NC(=O)[C@@H]1C[C@@H](NC(=O)c2ccc3c(c2)B(O)OC3)CN1C(=O)c1ccc2c(c1)B(O)OC2. The van der Waals surface area contributed by atoms with Crippen LogP contribution in [0.2, 0.25) is 0 Å². The number of para-hydroxylation sites is 1. The Morgan fingerprint density at radius 1 is 0.957 bits per heavy atom. The first-order chi connectivity index (χ1) is 22.1. The smallest absolute Gasteiger partial charge is 0.491 e. The molecule has 0 bridgehead atoms. The molecule has 3 amide bonds. The summed E-state index contributed by atoms with van der Waals surface area (Å²) in [6.45, 7) is 0.416. The first kappa shape index (κ1) is 31.3. The summed E-state index contributed by atoms with van der Waals surface area (Å²) in [6, 6.07) is 13.7. The van der Waals surface area contributed by atoms with E-state index in [0.717, 1.165) is 11.1 Å². The fraction of sp³-hybridized carbons (Fsp3) is 0.290. The lowest BCUT2D eigenvalue weighted by Crippen LogP contribution is -2.47. The molecule has 0 aliphatic carbocycles. The zero-order valence-electron chi connectivity index (χ0n) is 24.8. The summed E-state index contributed by atoms with van der Waals surface area (Å²) < 4.78 is 15.9. The summed E-state index contributed by atoms with van der Waals surface area (Å²) in [6.07, 6.45) is -0.397. The van der Waals surface area contributed by atoms with E-state index in [4.69, 9.17) is 14.0 Å². The van der Waals surface area contributed by atoms with E-state index < -0.39 is 62.5 Å². The van der Waals surface area contributed by atoms with Gasteiger partial charge in [-0.1, -0.05) is 30.3 Å². The van der Waals surface area contributed by atoms with Crippen molar-refractivity contribution in [1.29, 1.82) is 0 Å². The Bertz CT molecular complexity index is 1700. The lowest BCUT2D eigenvalue weighted by molar-refractivity contribution is -0.138. The summed E-state index contributed by atoms with van der Waals surface area (Å²) >= 11 is 0. The van der Waals surface area contributed by atoms with Crippen molar-refractivity contribution in [2.75, 3.05) is 13.7 Å². The van der Waals surface area contributed by atoms with E-state index in [9.17, 15) is 34.3 Å². The Hall–Kier alpha value is -4.69. The predicted molar refractivity (Wildman–Crippen MR) is 165 cm³/mol. The molecule has 1 fully saturated rings. The van der Waals surface area contributed by atoms with Crippen LogP contribution in [0, 0.1) is 0 Å². The van der Waals surface area contributed by atoms with Crippen LogP contribution in [0.4, 0.5) is 0 Å². The van der Waals surface area contributed by atoms with Crippen molar-refractivity contribution in [2.45, 2.75) is 44.2 Å². The highest BCUT2D eigenvalue weighted by Gasteiger charge is 2.42. The average molecular weight is 627 g/mol. The highest BCUT2D eigenvalue weighted by atomic mass is 16.5. The molecule has 3 aliphatic heterocycles. The molecule has 6 rings (SSSR count). The molecular weight excluding hydrogens is 596 g/mol. The second-order valence-electron chi connectivity index (χ2n) is 11.4. The minimum Gasteiger partial charge on any atom is -0.496 e. The number of carbonyl (C=O) groups excluding carboxylic acids is 3. The quantitative estimate of drug-likeness (QED) is 0.194. The van der Waals surface area contributed by atoms with E-state index in [2.05, 4.69) is 10.6 Å². The minimum absolute atomic E-state index is 0.0201. The first-order valence-corrected chi connectivity index (χ1v) is 14.7. The number of ether oxygens (including phenoxy) is 1. The molecule has 15 heteroatoms. The van der Waals surface area contributed by atoms with E-state index in [1.165, 1.54) is 18.1 Å². The van der Waals surface area contributed by atoms with Crippen molar-refractivity contribution in [3.05, 3.63) is 88.5 Å². The van der Waals surface area contributed by atoms with Gasteiger partial charge in [-0.05, 0) is 58.8 Å². The number of hydrogen-bond donors (Lipinski definition) is 5. The number of nitrogens with one attached hydrogen (secondary N) is 2. The van der Waals surface area contributed by atoms with E-state index in [1.54, 1.807) is 54.6 Å².